The third-order valence-corrected chi connectivity index (χ3v) is 5.45. The van der Waals surface area contributed by atoms with E-state index in [0.29, 0.717) is 31.4 Å². The fourth-order valence-electron chi connectivity index (χ4n) is 3.80. The van der Waals surface area contributed by atoms with E-state index in [2.05, 4.69) is 9.97 Å². The first-order valence-corrected chi connectivity index (χ1v) is 10.3. The van der Waals surface area contributed by atoms with Crippen LogP contribution in [0, 0.1) is 11.6 Å². The number of ether oxygens (including phenoxy) is 2. The molecule has 3 heterocycles. The molecule has 0 bridgehead atoms. The number of aromatic nitrogens is 2. The summed E-state index contributed by atoms with van der Waals surface area (Å²) in [4.78, 5) is 38.1. The molecule has 9 nitrogen and oxygen atoms in total. The SMILES string of the molecule is COc1cncc(OC2CCCN(C(=O)CN3CCN(c4ccc(F)c(F)c4)C3=O)C2)n1. The number of likely N-dealkylation sites (tertiary alicyclic amines) is 1. The first-order valence-electron chi connectivity index (χ1n) is 10.3. The van der Waals surface area contributed by atoms with Crippen LogP contribution in [0.5, 0.6) is 11.8 Å². The summed E-state index contributed by atoms with van der Waals surface area (Å²) in [7, 11) is 1.49. The van der Waals surface area contributed by atoms with Crippen molar-refractivity contribution >= 4 is 17.6 Å². The van der Waals surface area contributed by atoms with Crippen molar-refractivity contribution in [3.8, 4) is 11.8 Å². The lowest BCUT2D eigenvalue weighted by atomic mass is 10.1. The molecule has 1 atom stereocenters. The van der Waals surface area contributed by atoms with Crippen LogP contribution in [-0.4, -0.2) is 77.6 Å². The van der Waals surface area contributed by atoms with E-state index in [-0.39, 0.29) is 30.8 Å². The molecule has 0 N–H and O–H groups in total. The van der Waals surface area contributed by atoms with E-state index < -0.39 is 17.7 Å². The van der Waals surface area contributed by atoms with Gasteiger partial charge in [-0.15, -0.1) is 0 Å². The number of hydrogen-bond donors (Lipinski definition) is 0. The maximum Gasteiger partial charge on any atom is 0.325 e. The van der Waals surface area contributed by atoms with Gasteiger partial charge >= 0.3 is 6.03 Å². The van der Waals surface area contributed by atoms with E-state index >= 15 is 0 Å². The smallest absolute Gasteiger partial charge is 0.325 e. The zero-order chi connectivity index (χ0) is 22.7. The van der Waals surface area contributed by atoms with Crippen molar-refractivity contribution in [2.24, 2.45) is 0 Å². The summed E-state index contributed by atoms with van der Waals surface area (Å²) in [6, 6.07) is 2.88. The number of hydrogen-bond acceptors (Lipinski definition) is 6. The van der Waals surface area contributed by atoms with Crippen molar-refractivity contribution < 1.29 is 27.8 Å². The summed E-state index contributed by atoms with van der Waals surface area (Å²) in [6.45, 7) is 1.45. The van der Waals surface area contributed by atoms with E-state index in [1.54, 1.807) is 4.90 Å². The van der Waals surface area contributed by atoms with Crippen molar-refractivity contribution in [3.05, 3.63) is 42.2 Å². The lowest BCUT2D eigenvalue weighted by Crippen LogP contribution is -2.48. The fourth-order valence-corrected chi connectivity index (χ4v) is 3.80. The van der Waals surface area contributed by atoms with Gasteiger partial charge in [0.15, 0.2) is 11.6 Å². The third-order valence-electron chi connectivity index (χ3n) is 5.45. The fraction of sp³-hybridized carbons (Fsp3) is 0.429. The van der Waals surface area contributed by atoms with Crippen molar-refractivity contribution in [2.75, 3.05) is 44.7 Å². The lowest BCUT2D eigenvalue weighted by Gasteiger charge is -2.33. The van der Waals surface area contributed by atoms with E-state index in [9.17, 15) is 18.4 Å². The van der Waals surface area contributed by atoms with Gasteiger partial charge in [0.25, 0.3) is 0 Å². The highest BCUT2D eigenvalue weighted by molar-refractivity contribution is 5.96. The quantitative estimate of drug-likeness (QED) is 0.674. The predicted molar refractivity (Wildman–Crippen MR) is 109 cm³/mol. The van der Waals surface area contributed by atoms with Gasteiger partial charge in [0.05, 0.1) is 26.0 Å². The molecule has 2 fully saturated rings. The van der Waals surface area contributed by atoms with E-state index in [1.165, 1.54) is 35.4 Å². The summed E-state index contributed by atoms with van der Waals surface area (Å²) in [5, 5.41) is 0. The Bertz CT molecular complexity index is 1010. The molecular weight excluding hydrogens is 424 g/mol. The van der Waals surface area contributed by atoms with Gasteiger partial charge < -0.3 is 19.3 Å². The molecule has 0 radical (unpaired) electrons. The van der Waals surface area contributed by atoms with Crippen LogP contribution in [0.25, 0.3) is 0 Å². The Morgan fingerprint density at radius 2 is 1.97 bits per heavy atom. The number of piperidine rings is 1. The number of halogens is 2. The Kier molecular flexibility index (Phi) is 6.33. The largest absolute Gasteiger partial charge is 0.480 e. The van der Waals surface area contributed by atoms with Crippen LogP contribution in [0.4, 0.5) is 19.3 Å². The van der Waals surface area contributed by atoms with Crippen LogP contribution in [0.3, 0.4) is 0 Å². The van der Waals surface area contributed by atoms with Gasteiger partial charge in [-0.1, -0.05) is 0 Å². The highest BCUT2D eigenvalue weighted by atomic mass is 19.2. The number of carbonyl (C=O) groups excluding carboxylic acids is 2. The zero-order valence-electron chi connectivity index (χ0n) is 17.5. The minimum Gasteiger partial charge on any atom is -0.480 e. The Morgan fingerprint density at radius 3 is 2.75 bits per heavy atom. The van der Waals surface area contributed by atoms with Crippen LogP contribution in [0.2, 0.25) is 0 Å². The van der Waals surface area contributed by atoms with Gasteiger partial charge in [-0.2, -0.15) is 4.98 Å². The highest BCUT2D eigenvalue weighted by Gasteiger charge is 2.33. The molecule has 32 heavy (non-hydrogen) atoms. The second-order valence-corrected chi connectivity index (χ2v) is 7.58. The maximum atomic E-state index is 13.5. The molecule has 170 valence electrons. The van der Waals surface area contributed by atoms with Crippen LogP contribution < -0.4 is 14.4 Å². The zero-order valence-corrected chi connectivity index (χ0v) is 17.5. The summed E-state index contributed by atoms with van der Waals surface area (Å²) in [6.07, 6.45) is 4.22. The van der Waals surface area contributed by atoms with Crippen molar-refractivity contribution in [1.82, 2.24) is 19.8 Å². The van der Waals surface area contributed by atoms with Gasteiger partial charge in [-0.05, 0) is 25.0 Å². The topological polar surface area (TPSA) is 88.1 Å². The van der Waals surface area contributed by atoms with Crippen LogP contribution in [0.1, 0.15) is 12.8 Å². The molecule has 0 spiro atoms. The van der Waals surface area contributed by atoms with Crippen molar-refractivity contribution in [1.29, 1.82) is 0 Å². The van der Waals surface area contributed by atoms with Gasteiger partial charge in [-0.25, -0.2) is 13.6 Å². The minimum absolute atomic E-state index is 0.0926. The molecule has 2 aliphatic rings. The van der Waals surface area contributed by atoms with Crippen molar-refractivity contribution in [3.63, 3.8) is 0 Å². The van der Waals surface area contributed by atoms with Crippen LogP contribution >= 0.6 is 0 Å². The predicted octanol–water partition coefficient (Wildman–Crippen LogP) is 2.08. The molecular formula is C21H23F2N5O4. The third kappa shape index (κ3) is 4.71. The molecule has 2 aliphatic heterocycles. The molecule has 11 heteroatoms. The Balaban J connectivity index is 1.34. The Morgan fingerprint density at radius 1 is 1.16 bits per heavy atom. The molecule has 2 aromatic rings. The average molecular weight is 447 g/mol. The molecule has 4 rings (SSSR count). The molecule has 2 saturated heterocycles. The molecule has 1 aromatic carbocycles. The lowest BCUT2D eigenvalue weighted by molar-refractivity contribution is -0.134. The Hall–Kier alpha value is -3.50. The van der Waals surface area contributed by atoms with E-state index in [4.69, 9.17) is 9.47 Å². The van der Waals surface area contributed by atoms with Gasteiger partial charge in [0.1, 0.15) is 12.6 Å². The number of rotatable bonds is 6. The second-order valence-electron chi connectivity index (χ2n) is 7.58. The van der Waals surface area contributed by atoms with Crippen LogP contribution in [-0.2, 0) is 4.79 Å². The standard InChI is InChI=1S/C21H23F2N5O4/c1-31-18-10-24-11-19(25-18)32-15-3-2-6-26(12-15)20(29)13-27-7-8-28(21(27)30)14-4-5-16(22)17(23)9-14/h4-5,9-11,15H,2-3,6-8,12-13H2,1H3. The first-order chi connectivity index (χ1) is 15.4. The van der Waals surface area contributed by atoms with E-state index in [0.717, 1.165) is 25.0 Å². The Labute approximate surface area is 183 Å². The highest BCUT2D eigenvalue weighted by Crippen LogP contribution is 2.23. The molecule has 1 aromatic heterocycles. The number of anilines is 1. The maximum absolute atomic E-state index is 13.5. The average Bonchev–Trinajstić information content (AvgIpc) is 3.16. The van der Waals surface area contributed by atoms with Gasteiger partial charge in [0, 0.05) is 31.4 Å². The first kappa shape index (κ1) is 21.7. The van der Waals surface area contributed by atoms with Gasteiger partial charge in [0.2, 0.25) is 17.7 Å². The number of nitrogens with zero attached hydrogens (tertiary/aromatic N) is 5. The number of benzene rings is 1. The summed E-state index contributed by atoms with van der Waals surface area (Å²) < 4.78 is 37.6. The van der Waals surface area contributed by atoms with Crippen molar-refractivity contribution in [2.45, 2.75) is 18.9 Å². The molecule has 3 amide bonds. The van der Waals surface area contributed by atoms with Gasteiger partial charge in [-0.3, -0.25) is 14.7 Å². The number of methoxy groups -OCH3 is 1. The summed E-state index contributed by atoms with van der Waals surface area (Å²) in [5.41, 5.74) is 0.259. The monoisotopic (exact) mass is 447 g/mol. The summed E-state index contributed by atoms with van der Waals surface area (Å²) in [5.74, 6) is -1.54. The number of carbonyl (C=O) groups is 2. The molecule has 0 aliphatic carbocycles. The molecule has 1 unspecified atom stereocenters. The minimum atomic E-state index is -1.02. The van der Waals surface area contributed by atoms with Crippen LogP contribution in [0.15, 0.2) is 30.6 Å². The normalized spacial score (nSPS) is 18.8. The number of amides is 3. The molecule has 0 saturated carbocycles. The number of urea groups is 1. The summed E-state index contributed by atoms with van der Waals surface area (Å²) >= 11 is 0. The van der Waals surface area contributed by atoms with E-state index in [1.807, 2.05) is 0 Å². The second kappa shape index (κ2) is 9.33.